The number of aromatic nitrogens is 1. The van der Waals surface area contributed by atoms with E-state index in [2.05, 4.69) is 17.2 Å². The summed E-state index contributed by atoms with van der Waals surface area (Å²) in [7, 11) is 0. The Hall–Kier alpha value is -1.95. The molecule has 2 amide bonds. The Labute approximate surface area is 154 Å². The van der Waals surface area contributed by atoms with Crippen LogP contribution in [-0.4, -0.2) is 47.0 Å². The Morgan fingerprint density at radius 1 is 1.27 bits per heavy atom. The lowest BCUT2D eigenvalue weighted by molar-refractivity contribution is -0.149. The second-order valence-corrected chi connectivity index (χ2v) is 8.00. The lowest BCUT2D eigenvalue weighted by Crippen LogP contribution is -2.57. The topological polar surface area (TPSA) is 71.5 Å². The molecule has 2 saturated heterocycles. The van der Waals surface area contributed by atoms with Gasteiger partial charge in [0.25, 0.3) is 0 Å². The van der Waals surface area contributed by atoms with Crippen molar-refractivity contribution in [3.63, 3.8) is 0 Å². The summed E-state index contributed by atoms with van der Waals surface area (Å²) < 4.78 is 5.85. The SMILES string of the molecule is CC1CC(C(=O)N2C[C@H](C(=O)NCc3ccccn3)C[C@H]3OCC[C@H]32)C1. The zero-order valence-corrected chi connectivity index (χ0v) is 15.3. The van der Waals surface area contributed by atoms with Gasteiger partial charge in [-0.15, -0.1) is 0 Å². The summed E-state index contributed by atoms with van der Waals surface area (Å²) in [5.41, 5.74) is 0.836. The van der Waals surface area contributed by atoms with E-state index >= 15 is 0 Å². The van der Waals surface area contributed by atoms with Crippen molar-refractivity contribution in [3.05, 3.63) is 30.1 Å². The number of nitrogens with one attached hydrogen (secondary N) is 1. The summed E-state index contributed by atoms with van der Waals surface area (Å²) in [6.45, 7) is 3.80. The van der Waals surface area contributed by atoms with Gasteiger partial charge in [0.15, 0.2) is 0 Å². The normalized spacial score (nSPS) is 33.3. The fourth-order valence-electron chi connectivity index (χ4n) is 4.55. The third kappa shape index (κ3) is 3.47. The zero-order chi connectivity index (χ0) is 18.1. The zero-order valence-electron chi connectivity index (χ0n) is 15.3. The van der Waals surface area contributed by atoms with Crippen LogP contribution < -0.4 is 5.32 Å². The number of carbonyl (C=O) groups is 2. The minimum absolute atomic E-state index is 0.00389. The number of likely N-dealkylation sites (tertiary alicyclic amines) is 1. The number of amides is 2. The van der Waals surface area contributed by atoms with Crippen molar-refractivity contribution in [1.82, 2.24) is 15.2 Å². The maximum atomic E-state index is 12.9. The van der Waals surface area contributed by atoms with Gasteiger partial charge in [0.05, 0.1) is 30.3 Å². The van der Waals surface area contributed by atoms with E-state index in [9.17, 15) is 9.59 Å². The van der Waals surface area contributed by atoms with Crippen LogP contribution in [0.1, 0.15) is 38.3 Å². The average Bonchev–Trinajstić information content (AvgIpc) is 3.11. The molecule has 1 aromatic heterocycles. The average molecular weight is 357 g/mol. The van der Waals surface area contributed by atoms with E-state index in [1.165, 1.54) is 0 Å². The second-order valence-electron chi connectivity index (χ2n) is 8.00. The minimum Gasteiger partial charge on any atom is -0.376 e. The number of nitrogens with zero attached hydrogens (tertiary/aromatic N) is 2. The van der Waals surface area contributed by atoms with Crippen molar-refractivity contribution < 1.29 is 14.3 Å². The molecule has 0 radical (unpaired) electrons. The summed E-state index contributed by atoms with van der Waals surface area (Å²) in [5, 5.41) is 2.98. The Balaban J connectivity index is 1.40. The first-order chi connectivity index (χ1) is 12.6. The predicted molar refractivity (Wildman–Crippen MR) is 95.9 cm³/mol. The molecule has 2 aliphatic heterocycles. The molecule has 3 fully saturated rings. The second kappa shape index (κ2) is 7.35. The Kier molecular flexibility index (Phi) is 4.94. The van der Waals surface area contributed by atoms with Gasteiger partial charge in [-0.1, -0.05) is 13.0 Å². The van der Waals surface area contributed by atoms with E-state index in [-0.39, 0.29) is 35.8 Å². The van der Waals surface area contributed by atoms with Gasteiger partial charge in [-0.2, -0.15) is 0 Å². The van der Waals surface area contributed by atoms with Crippen LogP contribution in [0.3, 0.4) is 0 Å². The molecular formula is C20H27N3O3. The molecule has 1 aliphatic carbocycles. The Bertz CT molecular complexity index is 660. The first kappa shape index (κ1) is 17.5. The summed E-state index contributed by atoms with van der Waals surface area (Å²) in [6, 6.07) is 5.81. The Morgan fingerprint density at radius 3 is 2.85 bits per heavy atom. The minimum atomic E-state index is -0.209. The van der Waals surface area contributed by atoms with Gasteiger partial charge < -0.3 is 15.0 Å². The van der Waals surface area contributed by atoms with E-state index in [1.54, 1.807) is 6.20 Å². The molecule has 26 heavy (non-hydrogen) atoms. The van der Waals surface area contributed by atoms with Gasteiger partial charge in [-0.05, 0) is 43.7 Å². The summed E-state index contributed by atoms with van der Waals surface area (Å²) in [6.07, 6.45) is 5.26. The van der Waals surface area contributed by atoms with Crippen LogP contribution in [0.15, 0.2) is 24.4 Å². The summed E-state index contributed by atoms with van der Waals surface area (Å²) >= 11 is 0. The van der Waals surface area contributed by atoms with Gasteiger partial charge in [0, 0.05) is 25.3 Å². The Morgan fingerprint density at radius 2 is 2.12 bits per heavy atom. The fraction of sp³-hybridized carbons (Fsp3) is 0.650. The first-order valence-corrected chi connectivity index (χ1v) is 9.71. The number of pyridine rings is 1. The van der Waals surface area contributed by atoms with Crippen LogP contribution in [0.5, 0.6) is 0 Å². The summed E-state index contributed by atoms with van der Waals surface area (Å²) in [5.74, 6) is 0.790. The van der Waals surface area contributed by atoms with E-state index in [0.717, 1.165) is 25.0 Å². The monoisotopic (exact) mass is 357 g/mol. The van der Waals surface area contributed by atoms with Crippen molar-refractivity contribution in [2.75, 3.05) is 13.2 Å². The van der Waals surface area contributed by atoms with Crippen molar-refractivity contribution in [2.24, 2.45) is 17.8 Å². The number of fused-ring (bicyclic) bond motifs is 1. The number of hydrogen-bond acceptors (Lipinski definition) is 4. The molecule has 1 aromatic rings. The standard InChI is InChI=1S/C20H27N3O3/c1-13-8-14(9-13)20(25)23-12-15(10-18-17(23)5-7-26-18)19(24)22-11-16-4-2-3-6-21-16/h2-4,6,13-15,17-18H,5,7-12H2,1H3,(H,22,24)/t13?,14?,15-,17-,18-/m1/s1. The highest BCUT2D eigenvalue weighted by molar-refractivity contribution is 5.83. The maximum Gasteiger partial charge on any atom is 0.226 e. The molecule has 1 N–H and O–H groups in total. The van der Waals surface area contributed by atoms with E-state index < -0.39 is 0 Å². The lowest BCUT2D eigenvalue weighted by atomic mass is 9.74. The molecule has 6 nitrogen and oxygen atoms in total. The number of carbonyl (C=O) groups excluding carboxylic acids is 2. The smallest absolute Gasteiger partial charge is 0.226 e. The molecule has 1 saturated carbocycles. The number of rotatable bonds is 4. The van der Waals surface area contributed by atoms with Crippen LogP contribution in [0, 0.1) is 17.8 Å². The van der Waals surface area contributed by atoms with Gasteiger partial charge in [-0.3, -0.25) is 14.6 Å². The van der Waals surface area contributed by atoms with Crippen molar-refractivity contribution in [3.8, 4) is 0 Å². The third-order valence-electron chi connectivity index (χ3n) is 6.06. The molecule has 3 heterocycles. The molecule has 6 heteroatoms. The van der Waals surface area contributed by atoms with Crippen LogP contribution in [0.25, 0.3) is 0 Å². The van der Waals surface area contributed by atoms with Crippen LogP contribution in [0.4, 0.5) is 0 Å². The molecular weight excluding hydrogens is 330 g/mol. The number of piperidine rings is 1. The lowest BCUT2D eigenvalue weighted by Gasteiger charge is -2.44. The predicted octanol–water partition coefficient (Wildman–Crippen LogP) is 1.75. The van der Waals surface area contributed by atoms with Gasteiger partial charge in [0.2, 0.25) is 11.8 Å². The maximum absolute atomic E-state index is 12.9. The highest BCUT2D eigenvalue weighted by atomic mass is 16.5. The highest BCUT2D eigenvalue weighted by Crippen LogP contribution is 2.38. The van der Waals surface area contributed by atoms with E-state index in [4.69, 9.17) is 4.74 Å². The molecule has 140 valence electrons. The van der Waals surface area contributed by atoms with Crippen LogP contribution in [0.2, 0.25) is 0 Å². The molecule has 0 spiro atoms. The molecule has 0 unspecified atom stereocenters. The van der Waals surface area contributed by atoms with Gasteiger partial charge in [-0.25, -0.2) is 0 Å². The van der Waals surface area contributed by atoms with Crippen molar-refractivity contribution >= 4 is 11.8 Å². The quantitative estimate of drug-likeness (QED) is 0.891. The number of hydrogen-bond donors (Lipinski definition) is 1. The van der Waals surface area contributed by atoms with Gasteiger partial charge >= 0.3 is 0 Å². The van der Waals surface area contributed by atoms with Crippen LogP contribution in [-0.2, 0) is 20.9 Å². The van der Waals surface area contributed by atoms with E-state index in [1.807, 2.05) is 23.1 Å². The van der Waals surface area contributed by atoms with Crippen molar-refractivity contribution in [1.29, 1.82) is 0 Å². The number of ether oxygens (including phenoxy) is 1. The van der Waals surface area contributed by atoms with E-state index in [0.29, 0.717) is 32.0 Å². The molecule has 3 aliphatic rings. The fourth-order valence-corrected chi connectivity index (χ4v) is 4.55. The molecule has 3 atom stereocenters. The third-order valence-corrected chi connectivity index (χ3v) is 6.06. The first-order valence-electron chi connectivity index (χ1n) is 9.71. The van der Waals surface area contributed by atoms with Crippen LogP contribution >= 0.6 is 0 Å². The molecule has 0 bridgehead atoms. The van der Waals surface area contributed by atoms with Crippen molar-refractivity contribution in [2.45, 2.75) is 51.3 Å². The van der Waals surface area contributed by atoms with Gasteiger partial charge in [0.1, 0.15) is 0 Å². The highest BCUT2D eigenvalue weighted by Gasteiger charge is 2.46. The summed E-state index contributed by atoms with van der Waals surface area (Å²) in [4.78, 5) is 31.8. The largest absolute Gasteiger partial charge is 0.376 e. The molecule has 4 rings (SSSR count). The molecule has 0 aromatic carbocycles.